The Morgan fingerprint density at radius 1 is 1.29 bits per heavy atom. The first kappa shape index (κ1) is 16.1. The van der Waals surface area contributed by atoms with Gasteiger partial charge in [0.15, 0.2) is 5.82 Å². The summed E-state index contributed by atoms with van der Waals surface area (Å²) in [5.41, 5.74) is 0.0464. The number of aromatic nitrogens is 6. The minimum absolute atomic E-state index is 0.149. The van der Waals surface area contributed by atoms with Crippen molar-refractivity contribution < 1.29 is 9.32 Å². The van der Waals surface area contributed by atoms with E-state index in [4.69, 9.17) is 4.52 Å². The zero-order valence-electron chi connectivity index (χ0n) is 15.6. The van der Waals surface area contributed by atoms with Crippen molar-refractivity contribution in [3.63, 3.8) is 0 Å². The third-order valence-corrected chi connectivity index (χ3v) is 6.81. The van der Waals surface area contributed by atoms with Crippen molar-refractivity contribution in [2.45, 2.75) is 56.5 Å². The maximum Gasteiger partial charge on any atom is 0.291 e. The predicted octanol–water partition coefficient (Wildman–Crippen LogP) is 2.00. The van der Waals surface area contributed by atoms with Gasteiger partial charge in [-0.25, -0.2) is 4.98 Å². The summed E-state index contributed by atoms with van der Waals surface area (Å²) < 4.78 is 5.34. The van der Waals surface area contributed by atoms with Crippen LogP contribution in [0.5, 0.6) is 0 Å². The van der Waals surface area contributed by atoms with E-state index in [1.165, 1.54) is 6.42 Å². The van der Waals surface area contributed by atoms with E-state index in [0.717, 1.165) is 32.1 Å². The molecular weight excluding hydrogens is 358 g/mol. The van der Waals surface area contributed by atoms with Crippen molar-refractivity contribution >= 4 is 16.9 Å². The van der Waals surface area contributed by atoms with E-state index in [9.17, 15) is 4.79 Å². The van der Waals surface area contributed by atoms with Crippen LogP contribution in [0.25, 0.3) is 11.0 Å². The SMILES string of the molecule is Cc1nnn(C23CC4CC(CC(NC(=O)c5onc6ncccc56)(C4)C2)C3)n1. The van der Waals surface area contributed by atoms with Gasteiger partial charge >= 0.3 is 0 Å². The fourth-order valence-electron chi connectivity index (χ4n) is 6.33. The minimum Gasteiger partial charge on any atom is -0.348 e. The highest BCUT2D eigenvalue weighted by atomic mass is 16.5. The zero-order chi connectivity index (χ0) is 18.9. The summed E-state index contributed by atoms with van der Waals surface area (Å²) in [7, 11) is 0. The van der Waals surface area contributed by atoms with Gasteiger partial charge in [-0.05, 0) is 74.6 Å². The summed E-state index contributed by atoms with van der Waals surface area (Å²) in [5, 5.41) is 20.9. The molecule has 2 atom stereocenters. The molecule has 2 unspecified atom stereocenters. The van der Waals surface area contributed by atoms with Gasteiger partial charge in [0.25, 0.3) is 5.91 Å². The molecule has 28 heavy (non-hydrogen) atoms. The lowest BCUT2D eigenvalue weighted by atomic mass is 9.50. The number of aryl methyl sites for hydroxylation is 1. The molecule has 7 rings (SSSR count). The Morgan fingerprint density at radius 2 is 2.11 bits per heavy atom. The maximum atomic E-state index is 13.1. The first-order valence-electron chi connectivity index (χ1n) is 9.84. The number of tetrazole rings is 1. The predicted molar refractivity (Wildman–Crippen MR) is 97.2 cm³/mol. The van der Waals surface area contributed by atoms with Crippen molar-refractivity contribution in [1.82, 2.24) is 35.7 Å². The van der Waals surface area contributed by atoms with Gasteiger partial charge < -0.3 is 9.84 Å². The molecule has 0 spiro atoms. The second-order valence-corrected chi connectivity index (χ2v) is 8.93. The van der Waals surface area contributed by atoms with E-state index in [2.05, 4.69) is 30.9 Å². The van der Waals surface area contributed by atoms with Crippen LogP contribution in [0.15, 0.2) is 22.9 Å². The average Bonchev–Trinajstić information content (AvgIpc) is 3.27. The molecule has 144 valence electrons. The number of pyridine rings is 1. The third kappa shape index (κ3) is 2.25. The standard InChI is InChI=1S/C19H21N7O2/c1-11-22-25-26(23-11)19-8-12-5-13(9-19)7-18(6-12,10-19)21-17(27)15-14-3-2-4-20-16(14)24-28-15/h2-4,12-13H,5-10H2,1H3,(H,21,27). The Kier molecular flexibility index (Phi) is 3.09. The Morgan fingerprint density at radius 3 is 2.86 bits per heavy atom. The van der Waals surface area contributed by atoms with E-state index < -0.39 is 0 Å². The number of hydrogen-bond donors (Lipinski definition) is 1. The van der Waals surface area contributed by atoms with Crippen LogP contribution in [0.3, 0.4) is 0 Å². The van der Waals surface area contributed by atoms with Crippen LogP contribution in [0.2, 0.25) is 0 Å². The van der Waals surface area contributed by atoms with Crippen molar-refractivity contribution in [2.75, 3.05) is 0 Å². The number of fused-ring (bicyclic) bond motifs is 1. The molecule has 3 aromatic heterocycles. The Hall–Kier alpha value is -2.84. The van der Waals surface area contributed by atoms with Crippen molar-refractivity contribution in [3.05, 3.63) is 29.9 Å². The monoisotopic (exact) mass is 379 g/mol. The van der Waals surface area contributed by atoms with E-state index >= 15 is 0 Å². The highest BCUT2D eigenvalue weighted by molar-refractivity contribution is 6.03. The third-order valence-electron chi connectivity index (χ3n) is 6.81. The van der Waals surface area contributed by atoms with Crippen molar-refractivity contribution in [3.8, 4) is 0 Å². The summed E-state index contributed by atoms with van der Waals surface area (Å²) in [5.74, 6) is 1.86. The summed E-state index contributed by atoms with van der Waals surface area (Å²) in [6.07, 6.45) is 7.81. The summed E-state index contributed by atoms with van der Waals surface area (Å²) in [4.78, 5) is 19.1. The first-order chi connectivity index (χ1) is 13.5. The molecule has 9 heteroatoms. The Labute approximate surface area is 160 Å². The highest BCUT2D eigenvalue weighted by Gasteiger charge is 2.60. The van der Waals surface area contributed by atoms with Gasteiger partial charge in [0, 0.05) is 11.7 Å². The first-order valence-corrected chi connectivity index (χ1v) is 9.84. The smallest absolute Gasteiger partial charge is 0.291 e. The maximum absolute atomic E-state index is 13.1. The van der Waals surface area contributed by atoms with Gasteiger partial charge in [-0.3, -0.25) is 4.79 Å². The molecule has 4 fully saturated rings. The Bertz CT molecular complexity index is 1070. The lowest BCUT2D eigenvalue weighted by Gasteiger charge is -2.61. The summed E-state index contributed by atoms with van der Waals surface area (Å²) >= 11 is 0. The number of nitrogens with zero attached hydrogens (tertiary/aromatic N) is 6. The molecule has 0 aliphatic heterocycles. The molecule has 9 nitrogen and oxygen atoms in total. The van der Waals surface area contributed by atoms with Crippen LogP contribution in [0.4, 0.5) is 0 Å². The molecule has 1 N–H and O–H groups in total. The largest absolute Gasteiger partial charge is 0.348 e. The number of carbonyl (C=O) groups excluding carboxylic acids is 1. The molecule has 4 saturated carbocycles. The number of nitrogens with one attached hydrogen (secondary N) is 1. The molecule has 0 saturated heterocycles. The van der Waals surface area contributed by atoms with Crippen LogP contribution < -0.4 is 5.32 Å². The van der Waals surface area contributed by atoms with E-state index in [0.29, 0.717) is 28.7 Å². The normalized spacial score (nSPS) is 33.5. The van der Waals surface area contributed by atoms with E-state index in [1.54, 1.807) is 12.3 Å². The van der Waals surface area contributed by atoms with Gasteiger partial charge in [-0.2, -0.15) is 4.80 Å². The van der Waals surface area contributed by atoms with Crippen molar-refractivity contribution in [2.24, 2.45) is 11.8 Å². The molecule has 3 heterocycles. The van der Waals surface area contributed by atoms with Crippen LogP contribution in [-0.2, 0) is 5.54 Å². The van der Waals surface area contributed by atoms with Gasteiger partial charge in [-0.15, -0.1) is 10.2 Å². The fraction of sp³-hybridized carbons (Fsp3) is 0.579. The van der Waals surface area contributed by atoms with Gasteiger partial charge in [0.1, 0.15) is 0 Å². The second kappa shape index (κ2) is 5.36. The Balaban J connectivity index is 1.35. The lowest BCUT2D eigenvalue weighted by Crippen LogP contribution is -2.66. The molecule has 4 aliphatic rings. The molecular formula is C19H21N7O2. The minimum atomic E-state index is -0.260. The topological polar surface area (TPSA) is 112 Å². The van der Waals surface area contributed by atoms with Gasteiger partial charge in [0.2, 0.25) is 11.4 Å². The second-order valence-electron chi connectivity index (χ2n) is 8.93. The lowest BCUT2D eigenvalue weighted by molar-refractivity contribution is -0.0813. The summed E-state index contributed by atoms with van der Waals surface area (Å²) in [6.45, 7) is 1.87. The van der Waals surface area contributed by atoms with Gasteiger partial charge in [0.05, 0.1) is 10.9 Å². The number of hydrogen-bond acceptors (Lipinski definition) is 7. The molecule has 3 aromatic rings. The molecule has 0 radical (unpaired) electrons. The average molecular weight is 379 g/mol. The number of amides is 1. The quantitative estimate of drug-likeness (QED) is 0.741. The molecule has 1 amide bonds. The molecule has 4 aliphatic carbocycles. The number of rotatable bonds is 3. The van der Waals surface area contributed by atoms with Crippen LogP contribution in [0, 0.1) is 18.8 Å². The molecule has 4 bridgehead atoms. The highest BCUT2D eigenvalue weighted by Crippen LogP contribution is 2.60. The number of carbonyl (C=O) groups is 1. The van der Waals surface area contributed by atoms with Gasteiger partial charge in [-0.1, -0.05) is 5.16 Å². The zero-order valence-corrected chi connectivity index (χ0v) is 15.6. The van der Waals surface area contributed by atoms with Crippen LogP contribution >= 0.6 is 0 Å². The fourth-order valence-corrected chi connectivity index (χ4v) is 6.33. The van der Waals surface area contributed by atoms with E-state index in [1.807, 2.05) is 17.8 Å². The van der Waals surface area contributed by atoms with Crippen LogP contribution in [0.1, 0.15) is 54.9 Å². The summed E-state index contributed by atoms with van der Waals surface area (Å²) in [6, 6.07) is 3.60. The van der Waals surface area contributed by atoms with Crippen LogP contribution in [-0.4, -0.2) is 41.8 Å². The molecule has 0 aromatic carbocycles. The van der Waals surface area contributed by atoms with Crippen molar-refractivity contribution in [1.29, 1.82) is 0 Å². The van der Waals surface area contributed by atoms with E-state index in [-0.39, 0.29) is 22.7 Å².